The van der Waals surface area contributed by atoms with Gasteiger partial charge in [0.15, 0.2) is 0 Å². The van der Waals surface area contributed by atoms with Crippen LogP contribution in [0.2, 0.25) is 0 Å². The Morgan fingerprint density at radius 3 is 2.35 bits per heavy atom. The standard InChI is InChI=1S/C13H11NO2Se/c15-14(16)12-8-4-5-9-13(12)17-10-11-6-2-1-3-7-11/h1-9H,10H2. The van der Waals surface area contributed by atoms with Crippen molar-refractivity contribution in [1.29, 1.82) is 0 Å². The second-order valence-corrected chi connectivity index (χ2v) is 5.63. The van der Waals surface area contributed by atoms with E-state index in [2.05, 4.69) is 12.1 Å². The third kappa shape index (κ3) is 3.16. The Kier molecular flexibility index (Phi) is 3.91. The van der Waals surface area contributed by atoms with Crippen molar-refractivity contribution in [1.82, 2.24) is 0 Å². The van der Waals surface area contributed by atoms with E-state index in [1.54, 1.807) is 12.1 Å². The Balaban J connectivity index is 2.12. The molecule has 2 aromatic carbocycles. The topological polar surface area (TPSA) is 43.1 Å². The molecular formula is C13H11NO2Se. The first-order valence-electron chi connectivity index (χ1n) is 5.17. The van der Waals surface area contributed by atoms with Gasteiger partial charge >= 0.3 is 106 Å². The molecule has 4 heteroatoms. The van der Waals surface area contributed by atoms with Gasteiger partial charge in [-0.25, -0.2) is 0 Å². The number of hydrogen-bond donors (Lipinski definition) is 0. The van der Waals surface area contributed by atoms with Crippen LogP contribution in [0.3, 0.4) is 0 Å². The monoisotopic (exact) mass is 293 g/mol. The number of hydrogen-bond acceptors (Lipinski definition) is 2. The zero-order valence-electron chi connectivity index (χ0n) is 9.08. The van der Waals surface area contributed by atoms with Crippen LogP contribution in [0.4, 0.5) is 5.69 Å². The molecule has 0 heterocycles. The molecule has 2 rings (SSSR count). The van der Waals surface area contributed by atoms with Gasteiger partial charge < -0.3 is 0 Å². The van der Waals surface area contributed by atoms with Crippen LogP contribution >= 0.6 is 0 Å². The van der Waals surface area contributed by atoms with E-state index in [4.69, 9.17) is 0 Å². The van der Waals surface area contributed by atoms with Crippen molar-refractivity contribution in [3.8, 4) is 0 Å². The van der Waals surface area contributed by atoms with Gasteiger partial charge in [-0.05, 0) is 0 Å². The number of benzene rings is 2. The Hall–Kier alpha value is -1.64. The Labute approximate surface area is 106 Å². The average molecular weight is 292 g/mol. The van der Waals surface area contributed by atoms with Gasteiger partial charge in [-0.1, -0.05) is 0 Å². The van der Waals surface area contributed by atoms with E-state index in [1.807, 2.05) is 30.3 Å². The molecular weight excluding hydrogens is 281 g/mol. The molecule has 0 aliphatic carbocycles. The fourth-order valence-electron chi connectivity index (χ4n) is 1.47. The van der Waals surface area contributed by atoms with Crippen molar-refractivity contribution in [2.24, 2.45) is 0 Å². The molecule has 0 amide bonds. The number of nitro benzene ring substituents is 1. The van der Waals surface area contributed by atoms with Gasteiger partial charge in [0.2, 0.25) is 0 Å². The summed E-state index contributed by atoms with van der Waals surface area (Å²) in [4.78, 5) is 10.5. The second-order valence-electron chi connectivity index (χ2n) is 3.50. The van der Waals surface area contributed by atoms with E-state index in [9.17, 15) is 10.1 Å². The third-order valence-electron chi connectivity index (χ3n) is 2.30. The quantitative estimate of drug-likeness (QED) is 0.492. The van der Waals surface area contributed by atoms with Gasteiger partial charge in [0.25, 0.3) is 0 Å². The van der Waals surface area contributed by atoms with Crippen molar-refractivity contribution in [3.05, 3.63) is 70.3 Å². The molecule has 0 saturated carbocycles. The predicted octanol–water partition coefficient (Wildman–Crippen LogP) is 2.12. The summed E-state index contributed by atoms with van der Waals surface area (Å²) >= 11 is 0.102. The predicted molar refractivity (Wildman–Crippen MR) is 68.6 cm³/mol. The van der Waals surface area contributed by atoms with Crippen LogP contribution in [-0.2, 0) is 5.32 Å². The second kappa shape index (κ2) is 5.62. The normalized spacial score (nSPS) is 10.1. The van der Waals surface area contributed by atoms with E-state index >= 15 is 0 Å². The molecule has 0 aliphatic rings. The molecule has 0 bridgehead atoms. The van der Waals surface area contributed by atoms with Crippen molar-refractivity contribution in [2.75, 3.05) is 0 Å². The van der Waals surface area contributed by atoms with Gasteiger partial charge in [0.05, 0.1) is 0 Å². The SMILES string of the molecule is O=[N+]([O-])c1ccccc1[Se]Cc1ccccc1. The fourth-order valence-corrected chi connectivity index (χ4v) is 3.52. The average Bonchev–Trinajstić information content (AvgIpc) is 2.38. The molecule has 0 aliphatic heterocycles. The molecule has 86 valence electrons. The van der Waals surface area contributed by atoms with Gasteiger partial charge in [-0.3, -0.25) is 0 Å². The fraction of sp³-hybridized carbons (Fsp3) is 0.0769. The summed E-state index contributed by atoms with van der Waals surface area (Å²) in [5.41, 5.74) is 1.47. The molecule has 0 N–H and O–H groups in total. The molecule has 0 aromatic heterocycles. The van der Waals surface area contributed by atoms with Gasteiger partial charge in [-0.2, -0.15) is 0 Å². The Bertz CT molecular complexity index is 514. The first kappa shape index (κ1) is 11.8. The molecule has 0 fully saturated rings. The summed E-state index contributed by atoms with van der Waals surface area (Å²) in [6.45, 7) is 0. The van der Waals surface area contributed by atoms with Gasteiger partial charge in [-0.15, -0.1) is 0 Å². The van der Waals surface area contributed by atoms with Crippen molar-refractivity contribution >= 4 is 25.1 Å². The summed E-state index contributed by atoms with van der Waals surface area (Å²) in [6, 6.07) is 17.0. The molecule has 0 radical (unpaired) electrons. The van der Waals surface area contributed by atoms with Gasteiger partial charge in [0, 0.05) is 0 Å². The van der Waals surface area contributed by atoms with Crippen LogP contribution in [0.1, 0.15) is 5.56 Å². The third-order valence-corrected chi connectivity index (χ3v) is 4.68. The van der Waals surface area contributed by atoms with Crippen molar-refractivity contribution in [2.45, 2.75) is 5.32 Å². The zero-order chi connectivity index (χ0) is 12.1. The zero-order valence-corrected chi connectivity index (χ0v) is 10.8. The molecule has 3 nitrogen and oxygen atoms in total. The minimum atomic E-state index is -0.303. The van der Waals surface area contributed by atoms with Crippen molar-refractivity contribution in [3.63, 3.8) is 0 Å². The molecule has 0 unspecified atom stereocenters. The van der Waals surface area contributed by atoms with Crippen molar-refractivity contribution < 1.29 is 4.92 Å². The van der Waals surface area contributed by atoms with E-state index in [0.717, 1.165) is 9.78 Å². The summed E-state index contributed by atoms with van der Waals surface area (Å²) < 4.78 is 0.855. The number of rotatable bonds is 4. The van der Waals surface area contributed by atoms with E-state index < -0.39 is 0 Å². The van der Waals surface area contributed by atoms with Crippen LogP contribution in [0.25, 0.3) is 0 Å². The van der Waals surface area contributed by atoms with Crippen LogP contribution in [0.15, 0.2) is 54.6 Å². The number of nitrogens with zero attached hydrogens (tertiary/aromatic N) is 1. The Morgan fingerprint density at radius 2 is 1.65 bits per heavy atom. The minimum absolute atomic E-state index is 0.102. The molecule has 0 atom stereocenters. The van der Waals surface area contributed by atoms with Gasteiger partial charge in [0.1, 0.15) is 0 Å². The first-order valence-corrected chi connectivity index (χ1v) is 7.24. The van der Waals surface area contributed by atoms with E-state index in [1.165, 1.54) is 5.56 Å². The number of nitro groups is 1. The van der Waals surface area contributed by atoms with Crippen LogP contribution < -0.4 is 4.46 Å². The first-order chi connectivity index (χ1) is 8.27. The van der Waals surface area contributed by atoms with Crippen LogP contribution in [0.5, 0.6) is 0 Å². The molecule has 0 spiro atoms. The van der Waals surface area contributed by atoms with Crippen LogP contribution in [-0.4, -0.2) is 19.9 Å². The Morgan fingerprint density at radius 1 is 1.00 bits per heavy atom. The molecule has 0 saturated heterocycles. The van der Waals surface area contributed by atoms with Crippen LogP contribution in [0, 0.1) is 10.1 Å². The summed E-state index contributed by atoms with van der Waals surface area (Å²) in [5.74, 6) is 0. The summed E-state index contributed by atoms with van der Waals surface area (Å²) in [6.07, 6.45) is 0. The molecule has 17 heavy (non-hydrogen) atoms. The number of para-hydroxylation sites is 1. The summed E-state index contributed by atoms with van der Waals surface area (Å²) in [5, 5.41) is 11.7. The maximum atomic E-state index is 10.8. The van der Waals surface area contributed by atoms with E-state index in [-0.39, 0.29) is 25.6 Å². The van der Waals surface area contributed by atoms with E-state index in [0.29, 0.717) is 0 Å². The maximum absolute atomic E-state index is 10.8. The molecule has 2 aromatic rings. The summed E-state index contributed by atoms with van der Waals surface area (Å²) in [7, 11) is 0.